The molecule has 1 saturated carbocycles. The zero-order valence-electron chi connectivity index (χ0n) is 11.7. The van der Waals surface area contributed by atoms with Crippen molar-refractivity contribution in [1.82, 2.24) is 10.3 Å². The van der Waals surface area contributed by atoms with Gasteiger partial charge in [0, 0.05) is 24.3 Å². The van der Waals surface area contributed by atoms with Crippen LogP contribution in [0.3, 0.4) is 0 Å². The minimum absolute atomic E-state index is 0.305. The third-order valence-corrected chi connectivity index (χ3v) is 3.98. The van der Waals surface area contributed by atoms with E-state index >= 15 is 0 Å². The first-order valence-electron chi connectivity index (χ1n) is 6.93. The third kappa shape index (κ3) is 3.80. The molecule has 0 amide bonds. The Morgan fingerprint density at radius 3 is 2.86 bits per heavy atom. The molecule has 1 aromatic heterocycles. The number of benzene rings is 1. The van der Waals surface area contributed by atoms with Crippen LogP contribution in [-0.2, 0) is 6.54 Å². The molecule has 1 N–H and O–H groups in total. The van der Waals surface area contributed by atoms with E-state index in [4.69, 9.17) is 4.74 Å². The highest BCUT2D eigenvalue weighted by atomic mass is 79.9. The molecule has 0 aliphatic heterocycles. The molecule has 0 bridgehead atoms. The first-order valence-corrected chi connectivity index (χ1v) is 7.73. The second-order valence-corrected chi connectivity index (χ2v) is 6.15. The standard InChI is InChI=1S/C16H16BrFN2O/c1-10-6-11(8-19-13-3-4-13)9-20-16(10)21-15-5-2-12(18)7-14(15)17/h2,5-7,9,13,19H,3-4,8H2,1H3. The van der Waals surface area contributed by atoms with Crippen molar-refractivity contribution in [2.75, 3.05) is 0 Å². The van der Waals surface area contributed by atoms with Crippen LogP contribution >= 0.6 is 15.9 Å². The highest BCUT2D eigenvalue weighted by Crippen LogP contribution is 2.31. The van der Waals surface area contributed by atoms with Crippen molar-refractivity contribution in [3.05, 3.63) is 51.9 Å². The summed E-state index contributed by atoms with van der Waals surface area (Å²) in [5, 5.41) is 3.45. The van der Waals surface area contributed by atoms with Crippen LogP contribution in [0.5, 0.6) is 11.6 Å². The maximum Gasteiger partial charge on any atom is 0.222 e. The average molecular weight is 351 g/mol. The molecule has 110 valence electrons. The van der Waals surface area contributed by atoms with Gasteiger partial charge in [0.1, 0.15) is 11.6 Å². The van der Waals surface area contributed by atoms with Crippen LogP contribution in [0.25, 0.3) is 0 Å². The molecule has 21 heavy (non-hydrogen) atoms. The van der Waals surface area contributed by atoms with Crippen LogP contribution in [0.4, 0.5) is 4.39 Å². The van der Waals surface area contributed by atoms with Crippen molar-refractivity contribution < 1.29 is 9.13 Å². The minimum atomic E-state index is -0.305. The van der Waals surface area contributed by atoms with Crippen molar-refractivity contribution in [2.24, 2.45) is 0 Å². The monoisotopic (exact) mass is 350 g/mol. The first-order chi connectivity index (χ1) is 10.1. The van der Waals surface area contributed by atoms with Crippen molar-refractivity contribution in [2.45, 2.75) is 32.4 Å². The van der Waals surface area contributed by atoms with Gasteiger partial charge in [0.25, 0.3) is 0 Å². The molecule has 1 aliphatic carbocycles. The Balaban J connectivity index is 1.72. The summed E-state index contributed by atoms with van der Waals surface area (Å²) in [4.78, 5) is 4.36. The Bertz CT molecular complexity index is 659. The summed E-state index contributed by atoms with van der Waals surface area (Å²) < 4.78 is 19.4. The zero-order chi connectivity index (χ0) is 14.8. The quantitative estimate of drug-likeness (QED) is 0.870. The predicted octanol–water partition coefficient (Wildman–Crippen LogP) is 4.34. The molecule has 3 rings (SSSR count). The Kier molecular flexibility index (Phi) is 4.22. The average Bonchev–Trinajstić information content (AvgIpc) is 3.26. The summed E-state index contributed by atoms with van der Waals surface area (Å²) in [6, 6.07) is 7.07. The highest BCUT2D eigenvalue weighted by Gasteiger charge is 2.20. The van der Waals surface area contributed by atoms with E-state index in [0.717, 1.165) is 17.7 Å². The summed E-state index contributed by atoms with van der Waals surface area (Å²) in [6.45, 7) is 2.79. The van der Waals surface area contributed by atoms with Crippen molar-refractivity contribution >= 4 is 15.9 Å². The van der Waals surface area contributed by atoms with E-state index in [1.165, 1.54) is 25.0 Å². The summed E-state index contributed by atoms with van der Waals surface area (Å²) >= 11 is 3.29. The predicted molar refractivity (Wildman–Crippen MR) is 83.0 cm³/mol. The molecular formula is C16H16BrFN2O. The van der Waals surface area contributed by atoms with Crippen LogP contribution in [-0.4, -0.2) is 11.0 Å². The lowest BCUT2D eigenvalue weighted by atomic mass is 10.2. The Hall–Kier alpha value is -1.46. The number of aryl methyl sites for hydroxylation is 1. The fraction of sp³-hybridized carbons (Fsp3) is 0.312. The van der Waals surface area contributed by atoms with Gasteiger partial charge in [0.05, 0.1) is 4.47 Å². The molecule has 3 nitrogen and oxygen atoms in total. The van der Waals surface area contributed by atoms with Gasteiger partial charge in [0.15, 0.2) is 0 Å². The Morgan fingerprint density at radius 1 is 1.38 bits per heavy atom. The van der Waals surface area contributed by atoms with Crippen LogP contribution in [0, 0.1) is 12.7 Å². The number of halogens is 2. The lowest BCUT2D eigenvalue weighted by molar-refractivity contribution is 0.453. The van der Waals surface area contributed by atoms with Crippen molar-refractivity contribution in [3.8, 4) is 11.6 Å². The second kappa shape index (κ2) is 6.12. The Morgan fingerprint density at radius 2 is 2.19 bits per heavy atom. The maximum atomic E-state index is 13.1. The molecule has 1 fully saturated rings. The number of hydrogen-bond donors (Lipinski definition) is 1. The normalized spacial score (nSPS) is 14.2. The van der Waals surface area contributed by atoms with Crippen molar-refractivity contribution in [3.63, 3.8) is 0 Å². The van der Waals surface area contributed by atoms with Gasteiger partial charge >= 0.3 is 0 Å². The van der Waals surface area contributed by atoms with Crippen LogP contribution in [0.2, 0.25) is 0 Å². The molecule has 0 unspecified atom stereocenters. The van der Waals surface area contributed by atoms with E-state index in [1.54, 1.807) is 6.07 Å². The first kappa shape index (κ1) is 14.5. The molecule has 0 saturated heterocycles. The number of aromatic nitrogens is 1. The van der Waals surface area contributed by atoms with E-state index in [1.807, 2.05) is 13.1 Å². The van der Waals surface area contributed by atoms with Crippen molar-refractivity contribution in [1.29, 1.82) is 0 Å². The molecular weight excluding hydrogens is 335 g/mol. The lowest BCUT2D eigenvalue weighted by Gasteiger charge is -2.11. The maximum absolute atomic E-state index is 13.1. The number of nitrogens with one attached hydrogen (secondary N) is 1. The fourth-order valence-corrected chi connectivity index (χ4v) is 2.47. The topological polar surface area (TPSA) is 34.2 Å². The summed E-state index contributed by atoms with van der Waals surface area (Å²) in [5.74, 6) is 0.786. The number of nitrogens with zero attached hydrogens (tertiary/aromatic N) is 1. The van der Waals surface area contributed by atoms with Gasteiger partial charge in [0.2, 0.25) is 5.88 Å². The third-order valence-electron chi connectivity index (χ3n) is 3.36. The van der Waals surface area contributed by atoms with Gasteiger partial charge < -0.3 is 10.1 Å². The Labute approximate surface area is 131 Å². The van der Waals surface area contributed by atoms with Gasteiger partial charge in [-0.25, -0.2) is 9.37 Å². The number of hydrogen-bond acceptors (Lipinski definition) is 3. The van der Waals surface area contributed by atoms with Gasteiger partial charge in [-0.05, 0) is 65.5 Å². The zero-order valence-corrected chi connectivity index (χ0v) is 13.3. The van der Waals surface area contributed by atoms with Gasteiger partial charge in [-0.3, -0.25) is 0 Å². The summed E-state index contributed by atoms with van der Waals surface area (Å²) in [5.41, 5.74) is 2.10. The smallest absolute Gasteiger partial charge is 0.222 e. The molecule has 0 atom stereocenters. The molecule has 1 heterocycles. The largest absolute Gasteiger partial charge is 0.438 e. The van der Waals surface area contributed by atoms with Crippen LogP contribution in [0.1, 0.15) is 24.0 Å². The lowest BCUT2D eigenvalue weighted by Crippen LogP contribution is -2.15. The number of rotatable bonds is 5. The molecule has 0 radical (unpaired) electrons. The fourth-order valence-electron chi connectivity index (χ4n) is 2.04. The number of pyridine rings is 1. The van der Waals surface area contributed by atoms with Gasteiger partial charge in [-0.15, -0.1) is 0 Å². The SMILES string of the molecule is Cc1cc(CNC2CC2)cnc1Oc1ccc(F)cc1Br. The van der Waals surface area contributed by atoms with E-state index in [2.05, 4.69) is 32.3 Å². The van der Waals surface area contributed by atoms with Crippen LogP contribution < -0.4 is 10.1 Å². The highest BCUT2D eigenvalue weighted by molar-refractivity contribution is 9.10. The molecule has 0 spiro atoms. The minimum Gasteiger partial charge on any atom is -0.438 e. The van der Waals surface area contributed by atoms with Gasteiger partial charge in [-0.2, -0.15) is 0 Å². The molecule has 1 aliphatic rings. The van der Waals surface area contributed by atoms with E-state index < -0.39 is 0 Å². The van der Waals surface area contributed by atoms with Crippen LogP contribution in [0.15, 0.2) is 34.9 Å². The molecule has 2 aromatic rings. The van der Waals surface area contributed by atoms with E-state index in [9.17, 15) is 4.39 Å². The summed E-state index contributed by atoms with van der Waals surface area (Å²) in [6.07, 6.45) is 4.35. The van der Waals surface area contributed by atoms with E-state index in [-0.39, 0.29) is 5.82 Å². The van der Waals surface area contributed by atoms with Gasteiger partial charge in [-0.1, -0.05) is 0 Å². The summed E-state index contributed by atoms with van der Waals surface area (Å²) in [7, 11) is 0. The molecule has 5 heteroatoms. The number of ether oxygens (including phenoxy) is 1. The van der Waals surface area contributed by atoms with E-state index in [0.29, 0.717) is 22.1 Å². The molecule has 1 aromatic carbocycles. The second-order valence-electron chi connectivity index (χ2n) is 5.30.